The highest BCUT2D eigenvalue weighted by Crippen LogP contribution is 2.54. The first-order valence-electron chi connectivity index (χ1n) is 14.1. The van der Waals surface area contributed by atoms with Gasteiger partial charge in [0.2, 0.25) is 0 Å². The molecule has 0 spiro atoms. The largest absolute Gasteiger partial charge is 0.0801 e. The second kappa shape index (κ2) is 10.7. The molecule has 40 heavy (non-hydrogen) atoms. The Labute approximate surface area is 237 Å². The maximum absolute atomic E-state index is 2.32. The van der Waals surface area contributed by atoms with Crippen LogP contribution < -0.4 is 0 Å². The summed E-state index contributed by atoms with van der Waals surface area (Å²) >= 11 is 0. The highest BCUT2D eigenvalue weighted by atomic mass is 14.3. The fourth-order valence-electron chi connectivity index (χ4n) is 6.23. The number of allylic oxidation sites excluding steroid dienone is 8. The second-order valence-corrected chi connectivity index (χ2v) is 10.4. The van der Waals surface area contributed by atoms with E-state index >= 15 is 0 Å². The molecule has 5 aromatic rings. The van der Waals surface area contributed by atoms with E-state index in [1.807, 2.05) is 0 Å². The van der Waals surface area contributed by atoms with Crippen molar-refractivity contribution in [3.63, 3.8) is 0 Å². The van der Waals surface area contributed by atoms with Crippen LogP contribution in [0, 0.1) is 0 Å². The molecule has 0 amide bonds. The molecule has 5 aromatic carbocycles. The van der Waals surface area contributed by atoms with Gasteiger partial charge in [0.15, 0.2) is 0 Å². The van der Waals surface area contributed by atoms with Crippen LogP contribution in [0.1, 0.15) is 24.0 Å². The molecule has 2 aliphatic rings. The topological polar surface area (TPSA) is 0 Å². The van der Waals surface area contributed by atoms with Crippen LogP contribution in [0.25, 0.3) is 55.7 Å². The van der Waals surface area contributed by atoms with Crippen LogP contribution in [0.2, 0.25) is 0 Å². The summed E-state index contributed by atoms with van der Waals surface area (Å²) in [6.45, 7) is 0. The van der Waals surface area contributed by atoms with E-state index < -0.39 is 0 Å². The molecule has 7 rings (SSSR count). The van der Waals surface area contributed by atoms with Gasteiger partial charge in [0.25, 0.3) is 0 Å². The second-order valence-electron chi connectivity index (χ2n) is 10.4. The zero-order chi connectivity index (χ0) is 26.7. The molecular weight excluding hydrogens is 480 g/mol. The summed E-state index contributed by atoms with van der Waals surface area (Å²) in [4.78, 5) is 0. The third-order valence-corrected chi connectivity index (χ3v) is 7.93. The van der Waals surface area contributed by atoms with Gasteiger partial charge in [0.1, 0.15) is 0 Å². The van der Waals surface area contributed by atoms with E-state index in [1.165, 1.54) is 66.8 Å². The summed E-state index contributed by atoms with van der Waals surface area (Å²) < 4.78 is 0. The molecule has 0 nitrogen and oxygen atoms in total. The summed E-state index contributed by atoms with van der Waals surface area (Å²) in [5.41, 5.74) is 15.6. The van der Waals surface area contributed by atoms with Crippen molar-refractivity contribution < 1.29 is 0 Å². The first-order valence-corrected chi connectivity index (χ1v) is 14.1. The van der Waals surface area contributed by atoms with Gasteiger partial charge in [-0.15, -0.1) is 0 Å². The van der Waals surface area contributed by atoms with Crippen LogP contribution in [0.3, 0.4) is 0 Å². The molecule has 0 saturated heterocycles. The van der Waals surface area contributed by atoms with E-state index in [0.29, 0.717) is 0 Å². The van der Waals surface area contributed by atoms with Gasteiger partial charge in [-0.25, -0.2) is 0 Å². The van der Waals surface area contributed by atoms with E-state index in [1.54, 1.807) is 0 Å². The van der Waals surface area contributed by atoms with Crippen molar-refractivity contribution >= 4 is 11.1 Å². The highest BCUT2D eigenvalue weighted by Gasteiger charge is 2.30. The Hall–Kier alpha value is -4.94. The molecule has 0 saturated carbocycles. The molecule has 0 bridgehead atoms. The summed E-state index contributed by atoms with van der Waals surface area (Å²) in [7, 11) is 0. The van der Waals surface area contributed by atoms with Crippen molar-refractivity contribution in [2.45, 2.75) is 12.8 Å². The maximum atomic E-state index is 2.32. The normalized spacial score (nSPS) is 13.9. The minimum atomic E-state index is 0.931. The van der Waals surface area contributed by atoms with Crippen molar-refractivity contribution in [2.24, 2.45) is 0 Å². The predicted octanol–water partition coefficient (Wildman–Crippen LogP) is 11.0. The number of rotatable bonds is 6. The van der Waals surface area contributed by atoms with E-state index in [-0.39, 0.29) is 0 Å². The fourth-order valence-corrected chi connectivity index (χ4v) is 6.23. The van der Waals surface area contributed by atoms with Crippen LogP contribution >= 0.6 is 0 Å². The molecule has 190 valence electrons. The van der Waals surface area contributed by atoms with Crippen molar-refractivity contribution in [1.29, 1.82) is 0 Å². The lowest BCUT2D eigenvalue weighted by Crippen LogP contribution is -2.05. The van der Waals surface area contributed by atoms with E-state index in [2.05, 4.69) is 158 Å². The molecule has 0 radical (unpaired) electrons. The smallest absolute Gasteiger partial charge is 0.00140 e. The minimum absolute atomic E-state index is 0.931. The quantitative estimate of drug-likeness (QED) is 0.213. The molecule has 0 aromatic heterocycles. The average Bonchev–Trinajstić information content (AvgIpc) is 3.77. The lowest BCUT2D eigenvalue weighted by Gasteiger charge is -2.29. The minimum Gasteiger partial charge on any atom is -0.0801 e. The molecule has 0 heteroatoms. The summed E-state index contributed by atoms with van der Waals surface area (Å²) in [5.74, 6) is 0. The van der Waals surface area contributed by atoms with Gasteiger partial charge in [-0.1, -0.05) is 158 Å². The van der Waals surface area contributed by atoms with Crippen molar-refractivity contribution in [2.75, 3.05) is 0 Å². The first-order chi connectivity index (χ1) is 19.9. The third kappa shape index (κ3) is 4.28. The number of benzene rings is 5. The molecule has 0 N–H and O–H groups in total. The first kappa shape index (κ1) is 24.1. The lowest BCUT2D eigenvalue weighted by atomic mass is 9.73. The summed E-state index contributed by atoms with van der Waals surface area (Å²) in [6, 6.07) is 43.9. The zero-order valence-corrected chi connectivity index (χ0v) is 22.4. The Morgan fingerprint density at radius 3 is 0.825 bits per heavy atom. The Bertz CT molecular complexity index is 1650. The van der Waals surface area contributed by atoms with Gasteiger partial charge in [-0.05, 0) is 79.6 Å². The Morgan fingerprint density at radius 2 is 0.575 bits per heavy atom. The Morgan fingerprint density at radius 1 is 0.300 bits per heavy atom. The van der Waals surface area contributed by atoms with Gasteiger partial charge in [-0.3, -0.25) is 0 Å². The van der Waals surface area contributed by atoms with Crippen molar-refractivity contribution in [1.82, 2.24) is 0 Å². The highest BCUT2D eigenvalue weighted by molar-refractivity contribution is 6.11. The summed E-state index contributed by atoms with van der Waals surface area (Å²) in [6.07, 6.45) is 15.5. The zero-order valence-electron chi connectivity index (χ0n) is 22.4. The van der Waals surface area contributed by atoms with Gasteiger partial charge >= 0.3 is 0 Å². The van der Waals surface area contributed by atoms with Crippen LogP contribution in [-0.2, 0) is 0 Å². The third-order valence-electron chi connectivity index (χ3n) is 7.93. The van der Waals surface area contributed by atoms with Gasteiger partial charge in [0, 0.05) is 0 Å². The molecule has 2 aliphatic carbocycles. The average molecular weight is 511 g/mol. The molecule has 0 fully saturated rings. The number of hydrogen-bond acceptors (Lipinski definition) is 0. The molecule has 0 aliphatic heterocycles. The standard InChI is InChI=1S/C40H30/c1-5-17-29(18-6-1)35-36(30-19-7-2-8-20-30)38(32-23-11-4-12-24-32)40(34-27-15-16-28-34)39(33-25-13-14-26-33)37(35)31-21-9-3-10-22-31/h1-25,27H,26,28H2. The molecular formula is C40H30. The maximum Gasteiger partial charge on any atom is -0.00140 e. The monoisotopic (exact) mass is 510 g/mol. The van der Waals surface area contributed by atoms with Gasteiger partial charge in [0.05, 0.1) is 0 Å². The van der Waals surface area contributed by atoms with Crippen molar-refractivity contribution in [3.05, 3.63) is 169 Å². The Kier molecular flexibility index (Phi) is 6.44. The molecule has 0 unspecified atom stereocenters. The van der Waals surface area contributed by atoms with E-state index in [0.717, 1.165) is 12.8 Å². The van der Waals surface area contributed by atoms with Gasteiger partial charge in [-0.2, -0.15) is 0 Å². The lowest BCUT2D eigenvalue weighted by molar-refractivity contribution is 1.36. The number of hydrogen-bond donors (Lipinski definition) is 0. The fraction of sp³-hybridized carbons (Fsp3) is 0.0500. The van der Waals surface area contributed by atoms with Crippen molar-refractivity contribution in [3.8, 4) is 44.5 Å². The summed E-state index contributed by atoms with van der Waals surface area (Å²) in [5, 5.41) is 0. The van der Waals surface area contributed by atoms with Gasteiger partial charge < -0.3 is 0 Å². The SMILES string of the molecule is C1=CCC(c2c(C3=CC=CC3)c(-c3ccccc3)c(-c3ccccc3)c(-c3ccccc3)c2-c2ccccc2)=C1. The van der Waals surface area contributed by atoms with E-state index in [4.69, 9.17) is 0 Å². The van der Waals surface area contributed by atoms with E-state index in [9.17, 15) is 0 Å². The molecule has 0 heterocycles. The molecule has 0 atom stereocenters. The Balaban J connectivity index is 1.77. The van der Waals surface area contributed by atoms with Crippen LogP contribution in [-0.4, -0.2) is 0 Å². The van der Waals surface area contributed by atoms with Crippen LogP contribution in [0.4, 0.5) is 0 Å². The van der Waals surface area contributed by atoms with Crippen LogP contribution in [0.15, 0.2) is 158 Å². The predicted molar refractivity (Wildman–Crippen MR) is 172 cm³/mol. The van der Waals surface area contributed by atoms with Crippen LogP contribution in [0.5, 0.6) is 0 Å².